The maximum absolute atomic E-state index is 15.8. The summed E-state index contributed by atoms with van der Waals surface area (Å²) < 4.78 is 162. The van der Waals surface area contributed by atoms with E-state index >= 15 is 4.39 Å². The number of hydrogen-bond acceptors (Lipinski definition) is 14. The monoisotopic (exact) mass is 1280 g/mol. The second-order valence-electron chi connectivity index (χ2n) is 21.3. The van der Waals surface area contributed by atoms with Gasteiger partial charge in [-0.3, -0.25) is 14.1 Å². The summed E-state index contributed by atoms with van der Waals surface area (Å²) in [6, 6.07) is 28.6. The van der Waals surface area contributed by atoms with Gasteiger partial charge >= 0.3 is 19.1 Å². The molecule has 0 bridgehead atoms. The van der Waals surface area contributed by atoms with Crippen molar-refractivity contribution in [2.75, 3.05) is 83.8 Å². The van der Waals surface area contributed by atoms with E-state index in [1.807, 2.05) is 63.4 Å². The number of aromatic nitrogens is 1. The van der Waals surface area contributed by atoms with Gasteiger partial charge in [0.2, 0.25) is 0 Å². The number of alkyl halides is 3. The Morgan fingerprint density at radius 2 is 1.43 bits per heavy atom. The molecule has 0 spiro atoms. The van der Waals surface area contributed by atoms with Gasteiger partial charge in [0.25, 0.3) is 19.9 Å². The first kappa shape index (κ1) is 64.4. The molecule has 8 rings (SSSR count). The molecule has 0 aliphatic carbocycles. The Hall–Kier alpha value is -5.63. The van der Waals surface area contributed by atoms with Crippen LogP contribution in [-0.4, -0.2) is 132 Å². The van der Waals surface area contributed by atoms with Crippen molar-refractivity contribution < 1.29 is 66.7 Å². The molecule has 454 valence electrons. The molecule has 0 saturated carbocycles. The number of likely N-dealkylation sites (tertiary alicyclic amines) is 1. The van der Waals surface area contributed by atoms with Gasteiger partial charge in [0.15, 0.2) is 9.84 Å². The Bertz CT molecular complexity index is 3730. The van der Waals surface area contributed by atoms with Gasteiger partial charge in [-0.15, -0.1) is 11.8 Å². The number of ether oxygens (including phenoxy) is 1. The van der Waals surface area contributed by atoms with E-state index in [4.69, 9.17) is 16.3 Å². The molecule has 4 N–H and O–H groups in total. The van der Waals surface area contributed by atoms with Crippen molar-refractivity contribution in [1.29, 1.82) is 0 Å². The highest BCUT2D eigenvalue weighted by molar-refractivity contribution is 7.99. The molecule has 84 heavy (non-hydrogen) atoms. The van der Waals surface area contributed by atoms with Gasteiger partial charge in [-0.05, 0) is 156 Å². The number of nitrogens with zero attached hydrogens (tertiary/aromatic N) is 4. The van der Waals surface area contributed by atoms with Crippen molar-refractivity contribution in [2.45, 2.75) is 90.2 Å². The summed E-state index contributed by atoms with van der Waals surface area (Å²) in [6.07, 6.45) is 0.585. The molecular formula is C57H66ClF4N6O11PS4. The molecule has 1 unspecified atom stereocenters. The lowest BCUT2D eigenvalue weighted by molar-refractivity contribution is -0.154. The number of benzene rings is 5. The van der Waals surface area contributed by atoms with Gasteiger partial charge in [0, 0.05) is 95.1 Å². The fourth-order valence-electron chi connectivity index (χ4n) is 10.7. The number of carbonyl (C=O) groups is 1. The summed E-state index contributed by atoms with van der Waals surface area (Å²) >= 11 is 7.62. The van der Waals surface area contributed by atoms with E-state index in [1.165, 1.54) is 43.0 Å². The molecule has 27 heteroatoms. The Labute approximate surface area is 496 Å². The number of piperazine rings is 1. The Morgan fingerprint density at radius 3 is 2.01 bits per heavy atom. The zero-order valence-corrected chi connectivity index (χ0v) is 51.5. The van der Waals surface area contributed by atoms with Crippen LogP contribution < -0.4 is 19.8 Å². The molecule has 2 aliphatic heterocycles. The predicted molar refractivity (Wildman–Crippen MR) is 321 cm³/mol. The molecule has 2 fully saturated rings. The van der Waals surface area contributed by atoms with E-state index in [1.54, 1.807) is 49.4 Å². The second kappa shape index (κ2) is 26.1. The maximum atomic E-state index is 15.8. The van der Waals surface area contributed by atoms with Crippen molar-refractivity contribution >= 4 is 89.4 Å². The summed E-state index contributed by atoms with van der Waals surface area (Å²) in [7, 11) is -19.1. The van der Waals surface area contributed by atoms with Crippen molar-refractivity contribution in [2.24, 2.45) is 5.92 Å². The van der Waals surface area contributed by atoms with Gasteiger partial charge in [-0.25, -0.2) is 29.6 Å². The Morgan fingerprint density at radius 1 is 0.810 bits per heavy atom. The molecule has 0 amide bonds. The molecule has 6 aromatic rings. The van der Waals surface area contributed by atoms with Crippen molar-refractivity contribution in [3.8, 4) is 22.4 Å². The maximum Gasteiger partial charge on any atom is 0.501 e. The van der Waals surface area contributed by atoms with Gasteiger partial charge < -0.3 is 39.1 Å². The van der Waals surface area contributed by atoms with E-state index in [2.05, 4.69) is 10.0 Å². The van der Waals surface area contributed by atoms with E-state index in [-0.39, 0.29) is 28.8 Å². The molecule has 17 nitrogen and oxygen atoms in total. The van der Waals surface area contributed by atoms with Gasteiger partial charge in [-0.1, -0.05) is 41.9 Å². The number of sulfonamides is 1. The minimum atomic E-state index is -6.14. The molecule has 3 heterocycles. The first-order chi connectivity index (χ1) is 39.4. The summed E-state index contributed by atoms with van der Waals surface area (Å²) in [6.45, 7) is 9.98. The third kappa shape index (κ3) is 15.7. The van der Waals surface area contributed by atoms with Crippen molar-refractivity contribution in [1.82, 2.24) is 9.47 Å². The average Bonchev–Trinajstić information content (AvgIpc) is 1.65. The highest BCUT2D eigenvalue weighted by Gasteiger charge is 2.48. The van der Waals surface area contributed by atoms with E-state index < -0.39 is 94.3 Å². The topological polar surface area (TPSA) is 225 Å². The number of halogens is 5. The van der Waals surface area contributed by atoms with Crippen LogP contribution in [0.4, 0.5) is 40.3 Å². The van der Waals surface area contributed by atoms with Crippen LogP contribution in [0, 0.1) is 18.7 Å². The van der Waals surface area contributed by atoms with Crippen molar-refractivity contribution in [3.63, 3.8) is 0 Å². The van der Waals surface area contributed by atoms with Crippen LogP contribution in [0.5, 0.6) is 0 Å². The number of piperidine rings is 1. The Balaban J connectivity index is 0.959. The number of rotatable bonds is 22. The summed E-state index contributed by atoms with van der Waals surface area (Å²) in [5.74, 6) is -1.39. The molecule has 1 aromatic heterocycles. The zero-order chi connectivity index (χ0) is 61.1. The van der Waals surface area contributed by atoms with Crippen LogP contribution in [0.25, 0.3) is 22.4 Å². The number of nitrogens with one attached hydrogen (secondary N) is 2. The molecular weight excluding hydrogens is 1220 g/mol. The number of hydrogen-bond donors (Lipinski definition) is 4. The van der Waals surface area contributed by atoms with E-state index in [0.717, 1.165) is 23.3 Å². The lowest BCUT2D eigenvalue weighted by atomic mass is 9.96. The number of esters is 1. The number of sulfone groups is 2. The SMILES string of the molecule is Cc1c(S(C)(=O)=O)c(-c2cc(F)cc(N3CCN(c4ccc(NS(=O)(=O)c5ccc(NC(CCN6CCC(C(=O)O[C@H](C)CP(=O)(O)O)CC6)CSc6ccccc6)c(S(=O)(=O)C(F)(F)F)c5)cc4)CC3)c2)c(-c2ccc(Cl)cc2)n1C(C)C. The smallest absolute Gasteiger partial charge is 0.462 e. The summed E-state index contributed by atoms with van der Waals surface area (Å²) in [5.41, 5.74) is -2.42. The van der Waals surface area contributed by atoms with Gasteiger partial charge in [0.1, 0.15) is 16.8 Å². The minimum absolute atomic E-state index is 0.0356. The molecule has 2 saturated heterocycles. The van der Waals surface area contributed by atoms with Gasteiger partial charge in [0.05, 0.1) is 33.3 Å². The van der Waals surface area contributed by atoms with Crippen LogP contribution >= 0.6 is 31.0 Å². The fraction of sp³-hybridized carbons (Fsp3) is 0.386. The first-order valence-electron chi connectivity index (χ1n) is 26.9. The van der Waals surface area contributed by atoms with E-state index in [0.29, 0.717) is 109 Å². The van der Waals surface area contributed by atoms with Crippen LogP contribution in [0.15, 0.2) is 135 Å². The standard InChI is InChI=1S/C57H66ClF4N6O11PS4/c1-37(2)68-39(4)55(82(5,73)74)53(54(68)40-11-13-43(58)14-12-40)42-31-44(59)33-48(32-42)67-29-27-66(28-30-67)47-17-15-45(16-18-47)64-84(77,78)50-19-20-51(52(34-50)83(75,76)57(60,61)62)63-46(36-81-49-9-7-6-8-10-49)23-26-65-24-21-41(22-25-65)56(69)79-38(3)35-80(70,71)72/h6-20,31-34,37-38,41,46,63-64H,21-30,35-36H2,1-5H3,(H2,70,71,72)/t38-,46?/m1/s1. The minimum Gasteiger partial charge on any atom is -0.462 e. The normalized spacial score (nSPS) is 16.0. The molecule has 2 aliphatic rings. The zero-order valence-electron chi connectivity index (χ0n) is 46.6. The lowest BCUT2D eigenvalue weighted by Crippen LogP contribution is -2.46. The molecule has 0 radical (unpaired) electrons. The van der Waals surface area contributed by atoms with Crippen LogP contribution in [0.3, 0.4) is 0 Å². The number of carbonyl (C=O) groups excluding carboxylic acids is 1. The highest BCUT2D eigenvalue weighted by atomic mass is 35.5. The third-order valence-corrected chi connectivity index (χ3v) is 21.2. The second-order valence-corrected chi connectivity index (χ2v) is 30.0. The highest BCUT2D eigenvalue weighted by Crippen LogP contribution is 2.45. The summed E-state index contributed by atoms with van der Waals surface area (Å²) in [4.78, 5) is 36.2. The predicted octanol–water partition coefficient (Wildman–Crippen LogP) is 11.1. The number of anilines is 4. The Kier molecular flexibility index (Phi) is 20.0. The molecule has 2 atom stereocenters. The van der Waals surface area contributed by atoms with Gasteiger partial charge in [-0.2, -0.15) is 13.2 Å². The van der Waals surface area contributed by atoms with Crippen LogP contribution in [0.2, 0.25) is 5.02 Å². The third-order valence-electron chi connectivity index (χ3n) is 14.6. The lowest BCUT2D eigenvalue weighted by Gasteiger charge is -2.37. The quantitative estimate of drug-likeness (QED) is 0.0215. The van der Waals surface area contributed by atoms with Crippen LogP contribution in [-0.2, 0) is 43.8 Å². The molecule has 5 aromatic carbocycles. The van der Waals surface area contributed by atoms with Crippen molar-refractivity contribution in [3.05, 3.63) is 132 Å². The fourth-order valence-corrected chi connectivity index (χ4v) is 15.9. The number of thioether (sulfide) groups is 1. The van der Waals surface area contributed by atoms with Crippen LogP contribution in [0.1, 0.15) is 51.8 Å². The van der Waals surface area contributed by atoms with E-state index in [9.17, 15) is 57.6 Å². The first-order valence-corrected chi connectivity index (χ1v) is 34.9. The largest absolute Gasteiger partial charge is 0.501 e. The summed E-state index contributed by atoms with van der Waals surface area (Å²) in [5, 5.41) is 3.48. The average molecular weight is 1280 g/mol.